The van der Waals surface area contributed by atoms with Gasteiger partial charge >= 0.3 is 5.97 Å². The highest BCUT2D eigenvalue weighted by Crippen LogP contribution is 2.27. The first-order valence-electron chi connectivity index (χ1n) is 9.66. The molecule has 6 nitrogen and oxygen atoms in total. The van der Waals surface area contributed by atoms with Crippen molar-refractivity contribution in [1.82, 2.24) is 0 Å². The van der Waals surface area contributed by atoms with Crippen molar-refractivity contribution in [2.24, 2.45) is 5.92 Å². The summed E-state index contributed by atoms with van der Waals surface area (Å²) in [6.07, 6.45) is 1.43. The van der Waals surface area contributed by atoms with Crippen LogP contribution in [0, 0.1) is 5.92 Å². The molecule has 1 rings (SSSR count). The first-order chi connectivity index (χ1) is 12.8. The van der Waals surface area contributed by atoms with Crippen LogP contribution >= 0.6 is 0 Å². The molecule has 0 radical (unpaired) electrons. The standard InChI is InChI=1S/C21H33NO5/c1-7-12-27-21(6,14-15(4)5)20(24)22-16-10-11-18(25-8-2)17(13-16)19(23)26-9-3/h10-11,13,15H,7-9,12,14H2,1-6H3,(H,22,24). The lowest BCUT2D eigenvalue weighted by molar-refractivity contribution is -0.141. The lowest BCUT2D eigenvalue weighted by Gasteiger charge is -2.30. The molecule has 0 bridgehead atoms. The van der Waals surface area contributed by atoms with Gasteiger partial charge in [0.05, 0.1) is 13.2 Å². The van der Waals surface area contributed by atoms with Crippen molar-refractivity contribution in [3.8, 4) is 5.75 Å². The SMILES string of the molecule is CCCOC(C)(CC(C)C)C(=O)Nc1ccc(OCC)c(C(=O)OCC)c1. The summed E-state index contributed by atoms with van der Waals surface area (Å²) in [5, 5.41) is 2.88. The van der Waals surface area contributed by atoms with Gasteiger partial charge in [0.15, 0.2) is 0 Å². The Kier molecular flexibility index (Phi) is 9.29. The second-order valence-electron chi connectivity index (χ2n) is 7.00. The molecule has 1 unspecified atom stereocenters. The summed E-state index contributed by atoms with van der Waals surface area (Å²) < 4.78 is 16.5. The Labute approximate surface area is 162 Å². The number of ether oxygens (including phenoxy) is 3. The van der Waals surface area contributed by atoms with E-state index in [-0.39, 0.29) is 18.1 Å². The van der Waals surface area contributed by atoms with Gasteiger partial charge in [-0.1, -0.05) is 20.8 Å². The lowest BCUT2D eigenvalue weighted by atomic mass is 9.93. The van der Waals surface area contributed by atoms with Gasteiger partial charge in [0.1, 0.15) is 16.9 Å². The highest BCUT2D eigenvalue weighted by Gasteiger charge is 2.35. The number of amides is 1. The predicted molar refractivity (Wildman–Crippen MR) is 106 cm³/mol. The van der Waals surface area contributed by atoms with E-state index in [4.69, 9.17) is 14.2 Å². The van der Waals surface area contributed by atoms with Crippen LogP contribution in [0.4, 0.5) is 5.69 Å². The first kappa shape index (κ1) is 23.0. The molecule has 0 spiro atoms. The molecule has 27 heavy (non-hydrogen) atoms. The zero-order valence-electron chi connectivity index (χ0n) is 17.4. The number of esters is 1. The zero-order chi connectivity index (χ0) is 20.4. The summed E-state index contributed by atoms with van der Waals surface area (Å²) in [6, 6.07) is 4.95. The van der Waals surface area contributed by atoms with Gasteiger partial charge in [0.25, 0.3) is 5.91 Å². The average molecular weight is 379 g/mol. The van der Waals surface area contributed by atoms with E-state index in [1.807, 2.05) is 13.8 Å². The minimum absolute atomic E-state index is 0.233. The van der Waals surface area contributed by atoms with E-state index in [1.54, 1.807) is 32.0 Å². The molecule has 0 fully saturated rings. The summed E-state index contributed by atoms with van der Waals surface area (Å²) in [6.45, 7) is 12.7. The summed E-state index contributed by atoms with van der Waals surface area (Å²) in [5.74, 6) is 0.0157. The zero-order valence-corrected chi connectivity index (χ0v) is 17.4. The van der Waals surface area contributed by atoms with Gasteiger partial charge in [-0.2, -0.15) is 0 Å². The summed E-state index contributed by atoms with van der Waals surface area (Å²) >= 11 is 0. The number of anilines is 1. The largest absolute Gasteiger partial charge is 0.493 e. The second kappa shape index (κ2) is 10.9. The maximum absolute atomic E-state index is 12.9. The molecule has 1 aromatic rings. The van der Waals surface area contributed by atoms with Gasteiger partial charge in [0, 0.05) is 12.3 Å². The van der Waals surface area contributed by atoms with Crippen molar-refractivity contribution in [2.75, 3.05) is 25.1 Å². The highest BCUT2D eigenvalue weighted by atomic mass is 16.5. The average Bonchev–Trinajstić information content (AvgIpc) is 2.61. The third kappa shape index (κ3) is 6.86. The molecular formula is C21H33NO5. The van der Waals surface area contributed by atoms with Gasteiger partial charge in [-0.3, -0.25) is 4.79 Å². The predicted octanol–water partition coefficient (Wildman–Crippen LogP) is 4.43. The van der Waals surface area contributed by atoms with Crippen LogP contribution in [0.5, 0.6) is 5.75 Å². The molecule has 0 heterocycles. The third-order valence-electron chi connectivity index (χ3n) is 3.94. The molecule has 6 heteroatoms. The first-order valence-corrected chi connectivity index (χ1v) is 9.66. The number of carbonyl (C=O) groups is 2. The van der Waals surface area contributed by atoms with Crippen LogP contribution in [-0.2, 0) is 14.3 Å². The fourth-order valence-corrected chi connectivity index (χ4v) is 2.84. The van der Waals surface area contributed by atoms with Crippen LogP contribution in [0.25, 0.3) is 0 Å². The van der Waals surface area contributed by atoms with E-state index in [1.165, 1.54) is 0 Å². The topological polar surface area (TPSA) is 73.9 Å². The third-order valence-corrected chi connectivity index (χ3v) is 3.94. The molecule has 1 aromatic carbocycles. The van der Waals surface area contributed by atoms with Gasteiger partial charge in [0.2, 0.25) is 0 Å². The Hall–Kier alpha value is -2.08. The van der Waals surface area contributed by atoms with E-state index in [0.29, 0.717) is 37.0 Å². The fourth-order valence-electron chi connectivity index (χ4n) is 2.84. The summed E-state index contributed by atoms with van der Waals surface area (Å²) in [7, 11) is 0. The Morgan fingerprint density at radius 3 is 2.41 bits per heavy atom. The van der Waals surface area contributed by atoms with Crippen molar-refractivity contribution >= 4 is 17.6 Å². The number of nitrogens with one attached hydrogen (secondary N) is 1. The van der Waals surface area contributed by atoms with Crippen LogP contribution in [0.3, 0.4) is 0 Å². The van der Waals surface area contributed by atoms with Gasteiger partial charge < -0.3 is 19.5 Å². The normalized spacial score (nSPS) is 13.1. The maximum atomic E-state index is 12.9. The van der Waals surface area contributed by atoms with Crippen molar-refractivity contribution in [3.63, 3.8) is 0 Å². The van der Waals surface area contributed by atoms with Crippen LogP contribution < -0.4 is 10.1 Å². The minimum atomic E-state index is -0.938. The molecule has 0 saturated heterocycles. The monoisotopic (exact) mass is 379 g/mol. The van der Waals surface area contributed by atoms with E-state index in [2.05, 4.69) is 19.2 Å². The second-order valence-corrected chi connectivity index (χ2v) is 7.00. The molecule has 0 aromatic heterocycles. The van der Waals surface area contributed by atoms with E-state index < -0.39 is 11.6 Å². The van der Waals surface area contributed by atoms with Crippen LogP contribution in [0.1, 0.15) is 64.7 Å². The molecule has 1 amide bonds. The molecule has 1 atom stereocenters. The van der Waals surface area contributed by atoms with Gasteiger partial charge in [-0.05, 0) is 57.7 Å². The maximum Gasteiger partial charge on any atom is 0.341 e. The molecule has 0 saturated carbocycles. The molecule has 152 valence electrons. The number of benzene rings is 1. The lowest BCUT2D eigenvalue weighted by Crippen LogP contribution is -2.44. The Balaban J connectivity index is 3.08. The number of carbonyl (C=O) groups excluding carboxylic acids is 2. The van der Waals surface area contributed by atoms with Crippen molar-refractivity contribution in [2.45, 2.75) is 60.0 Å². The summed E-state index contributed by atoms with van der Waals surface area (Å²) in [5.41, 5.74) is -0.148. The molecule has 0 aliphatic heterocycles. The number of hydrogen-bond acceptors (Lipinski definition) is 5. The van der Waals surface area contributed by atoms with Gasteiger partial charge in [-0.25, -0.2) is 4.79 Å². The van der Waals surface area contributed by atoms with Crippen LogP contribution in [-0.4, -0.2) is 37.3 Å². The van der Waals surface area contributed by atoms with Crippen LogP contribution in [0.15, 0.2) is 18.2 Å². The Bertz CT molecular complexity index is 629. The Morgan fingerprint density at radius 2 is 1.85 bits per heavy atom. The quantitative estimate of drug-likeness (QED) is 0.576. The molecule has 1 N–H and O–H groups in total. The smallest absolute Gasteiger partial charge is 0.341 e. The van der Waals surface area contributed by atoms with Crippen molar-refractivity contribution in [1.29, 1.82) is 0 Å². The van der Waals surface area contributed by atoms with Crippen LogP contribution in [0.2, 0.25) is 0 Å². The van der Waals surface area contributed by atoms with E-state index in [9.17, 15) is 9.59 Å². The molecule has 0 aliphatic rings. The van der Waals surface area contributed by atoms with E-state index >= 15 is 0 Å². The Morgan fingerprint density at radius 1 is 1.15 bits per heavy atom. The fraction of sp³-hybridized carbons (Fsp3) is 0.619. The summed E-state index contributed by atoms with van der Waals surface area (Å²) in [4.78, 5) is 25.1. The number of hydrogen-bond donors (Lipinski definition) is 1. The number of rotatable bonds is 11. The molecular weight excluding hydrogens is 346 g/mol. The molecule has 0 aliphatic carbocycles. The highest BCUT2D eigenvalue weighted by molar-refractivity contribution is 5.99. The van der Waals surface area contributed by atoms with E-state index in [0.717, 1.165) is 6.42 Å². The van der Waals surface area contributed by atoms with Gasteiger partial charge in [-0.15, -0.1) is 0 Å². The van der Waals surface area contributed by atoms with Crippen molar-refractivity contribution in [3.05, 3.63) is 23.8 Å². The minimum Gasteiger partial charge on any atom is -0.493 e. The van der Waals surface area contributed by atoms with Crippen molar-refractivity contribution < 1.29 is 23.8 Å².